The highest BCUT2D eigenvalue weighted by atomic mass is 19.1. The maximum atomic E-state index is 12.4. The maximum Gasteiger partial charge on any atom is 0.139 e. The van der Waals surface area contributed by atoms with Gasteiger partial charge in [0.2, 0.25) is 0 Å². The van der Waals surface area contributed by atoms with E-state index in [4.69, 9.17) is 0 Å². The van der Waals surface area contributed by atoms with Crippen LogP contribution in [0.1, 0.15) is 33.6 Å². The molecule has 0 bridgehead atoms. The van der Waals surface area contributed by atoms with Gasteiger partial charge in [-0.15, -0.1) is 0 Å². The molecule has 0 aromatic heterocycles. The largest absolute Gasteiger partial charge is 0.299 e. The summed E-state index contributed by atoms with van der Waals surface area (Å²) < 4.78 is 12.4. The minimum absolute atomic E-state index is 0.0133. The van der Waals surface area contributed by atoms with Crippen LogP contribution in [-0.2, 0) is 4.79 Å². The predicted octanol–water partition coefficient (Wildman–Crippen LogP) is 2.35. The van der Waals surface area contributed by atoms with Crippen LogP contribution in [0.15, 0.2) is 0 Å². The van der Waals surface area contributed by atoms with Gasteiger partial charge in [-0.25, -0.2) is 4.39 Å². The standard InChI is InChI=1S/C9H15FO/c1-9(2,3)5-8(11)6-4-7(6)10/h6-7H,4-5H2,1-3H3/t6-,7-/m0/s1. The van der Waals surface area contributed by atoms with E-state index in [1.165, 1.54) is 0 Å². The number of halogens is 1. The van der Waals surface area contributed by atoms with Crippen LogP contribution >= 0.6 is 0 Å². The normalized spacial score (nSPS) is 30.2. The van der Waals surface area contributed by atoms with Crippen LogP contribution in [0.25, 0.3) is 0 Å². The van der Waals surface area contributed by atoms with Crippen molar-refractivity contribution in [2.45, 2.75) is 39.8 Å². The lowest BCUT2D eigenvalue weighted by Gasteiger charge is -2.16. The van der Waals surface area contributed by atoms with Crippen LogP contribution in [0.2, 0.25) is 0 Å². The first-order valence-corrected chi connectivity index (χ1v) is 4.07. The Morgan fingerprint density at radius 2 is 2.00 bits per heavy atom. The molecule has 0 aromatic carbocycles. The summed E-state index contributed by atoms with van der Waals surface area (Å²) in [5.41, 5.74) is 0.0133. The quantitative estimate of drug-likeness (QED) is 0.603. The smallest absolute Gasteiger partial charge is 0.139 e. The fourth-order valence-corrected chi connectivity index (χ4v) is 1.15. The number of ketones is 1. The van der Waals surface area contributed by atoms with E-state index in [-0.39, 0.29) is 17.1 Å². The zero-order valence-corrected chi connectivity index (χ0v) is 7.36. The van der Waals surface area contributed by atoms with Crippen molar-refractivity contribution in [1.82, 2.24) is 0 Å². The molecule has 0 spiro atoms. The number of carbonyl (C=O) groups is 1. The zero-order valence-electron chi connectivity index (χ0n) is 7.36. The first-order chi connectivity index (χ1) is 4.90. The molecule has 1 rings (SSSR count). The molecule has 1 aliphatic carbocycles. The van der Waals surface area contributed by atoms with Gasteiger partial charge in [-0.1, -0.05) is 20.8 Å². The summed E-state index contributed by atoms with van der Waals surface area (Å²) in [5, 5.41) is 0. The molecular weight excluding hydrogens is 143 g/mol. The Morgan fingerprint density at radius 1 is 1.55 bits per heavy atom. The first-order valence-electron chi connectivity index (χ1n) is 4.07. The van der Waals surface area contributed by atoms with Crippen molar-refractivity contribution in [2.24, 2.45) is 11.3 Å². The van der Waals surface area contributed by atoms with Gasteiger partial charge in [-0.05, 0) is 11.8 Å². The average Bonchev–Trinajstić information content (AvgIpc) is 2.41. The predicted molar refractivity (Wildman–Crippen MR) is 42.1 cm³/mol. The number of alkyl halides is 1. The third-order valence-electron chi connectivity index (χ3n) is 1.83. The second kappa shape index (κ2) is 2.58. The van der Waals surface area contributed by atoms with Gasteiger partial charge >= 0.3 is 0 Å². The van der Waals surface area contributed by atoms with Crippen molar-refractivity contribution in [1.29, 1.82) is 0 Å². The molecule has 0 radical (unpaired) electrons. The van der Waals surface area contributed by atoms with Crippen LogP contribution in [0.5, 0.6) is 0 Å². The number of hydrogen-bond donors (Lipinski definition) is 0. The molecule has 0 heterocycles. The molecule has 0 amide bonds. The third kappa shape index (κ3) is 2.60. The lowest BCUT2D eigenvalue weighted by molar-refractivity contribution is -0.122. The molecule has 0 saturated heterocycles. The molecule has 0 unspecified atom stereocenters. The monoisotopic (exact) mass is 158 g/mol. The zero-order chi connectivity index (χ0) is 8.65. The summed E-state index contributed by atoms with van der Waals surface area (Å²) in [6.07, 6.45) is 0.150. The molecule has 1 fully saturated rings. The van der Waals surface area contributed by atoms with Crippen molar-refractivity contribution < 1.29 is 9.18 Å². The van der Waals surface area contributed by atoms with Gasteiger partial charge in [-0.3, -0.25) is 4.79 Å². The van der Waals surface area contributed by atoms with Crippen LogP contribution in [0, 0.1) is 11.3 Å². The summed E-state index contributed by atoms with van der Waals surface area (Å²) in [6.45, 7) is 6.00. The lowest BCUT2D eigenvalue weighted by atomic mass is 9.89. The van der Waals surface area contributed by atoms with Crippen LogP contribution < -0.4 is 0 Å². The highest BCUT2D eigenvalue weighted by molar-refractivity contribution is 5.84. The molecule has 1 aliphatic rings. The average molecular weight is 158 g/mol. The maximum absolute atomic E-state index is 12.4. The summed E-state index contributed by atoms with van der Waals surface area (Å²) in [6, 6.07) is 0. The Kier molecular flexibility index (Phi) is 2.04. The molecule has 1 nitrogen and oxygen atoms in total. The molecule has 11 heavy (non-hydrogen) atoms. The van der Waals surface area contributed by atoms with Gasteiger partial charge < -0.3 is 0 Å². The van der Waals surface area contributed by atoms with E-state index < -0.39 is 6.17 Å². The molecule has 0 N–H and O–H groups in total. The van der Waals surface area contributed by atoms with Crippen molar-refractivity contribution >= 4 is 5.78 Å². The Bertz CT molecular complexity index is 169. The topological polar surface area (TPSA) is 17.1 Å². The molecule has 1 saturated carbocycles. The fraction of sp³-hybridized carbons (Fsp3) is 0.889. The van der Waals surface area contributed by atoms with Gasteiger partial charge in [0.15, 0.2) is 0 Å². The van der Waals surface area contributed by atoms with E-state index in [2.05, 4.69) is 0 Å². The second-order valence-corrected chi connectivity index (χ2v) is 4.56. The van der Waals surface area contributed by atoms with E-state index >= 15 is 0 Å². The fourth-order valence-electron chi connectivity index (χ4n) is 1.15. The number of hydrogen-bond acceptors (Lipinski definition) is 1. The van der Waals surface area contributed by atoms with E-state index in [0.29, 0.717) is 12.8 Å². The van der Waals surface area contributed by atoms with Gasteiger partial charge in [0.05, 0.1) is 5.92 Å². The molecular formula is C9H15FO. The van der Waals surface area contributed by atoms with Gasteiger partial charge in [0, 0.05) is 6.42 Å². The number of Topliss-reactive ketones (excluding diaryl/α,β-unsaturated/α-hetero) is 1. The van der Waals surface area contributed by atoms with Crippen LogP contribution in [0.4, 0.5) is 4.39 Å². The molecule has 2 atom stereocenters. The Balaban J connectivity index is 2.33. The molecule has 0 aliphatic heterocycles. The third-order valence-corrected chi connectivity index (χ3v) is 1.83. The SMILES string of the molecule is CC(C)(C)CC(=O)[C@H]1C[C@@H]1F. The second-order valence-electron chi connectivity index (χ2n) is 4.56. The summed E-state index contributed by atoms with van der Waals surface area (Å²) in [5.74, 6) is -0.153. The van der Waals surface area contributed by atoms with Crippen molar-refractivity contribution in [2.75, 3.05) is 0 Å². The van der Waals surface area contributed by atoms with E-state index in [1.54, 1.807) is 0 Å². The number of carbonyl (C=O) groups excluding carboxylic acids is 1. The molecule has 0 aromatic rings. The van der Waals surface area contributed by atoms with E-state index in [9.17, 15) is 9.18 Å². The summed E-state index contributed by atoms with van der Waals surface area (Å²) >= 11 is 0. The van der Waals surface area contributed by atoms with Crippen LogP contribution in [-0.4, -0.2) is 12.0 Å². The van der Waals surface area contributed by atoms with E-state index in [1.807, 2.05) is 20.8 Å². The van der Waals surface area contributed by atoms with Crippen LogP contribution in [0.3, 0.4) is 0 Å². The Labute approximate surface area is 67.0 Å². The molecule has 64 valence electrons. The summed E-state index contributed by atoms with van der Waals surface area (Å²) in [4.78, 5) is 11.2. The highest BCUT2D eigenvalue weighted by Gasteiger charge is 2.43. The first kappa shape index (κ1) is 8.69. The number of rotatable bonds is 2. The van der Waals surface area contributed by atoms with Crippen molar-refractivity contribution in [3.8, 4) is 0 Å². The Hall–Kier alpha value is -0.400. The van der Waals surface area contributed by atoms with Crippen molar-refractivity contribution in [3.63, 3.8) is 0 Å². The van der Waals surface area contributed by atoms with Gasteiger partial charge in [0.1, 0.15) is 12.0 Å². The molecule has 2 heteroatoms. The summed E-state index contributed by atoms with van der Waals surface area (Å²) in [7, 11) is 0. The van der Waals surface area contributed by atoms with Gasteiger partial charge in [0.25, 0.3) is 0 Å². The lowest BCUT2D eigenvalue weighted by Crippen LogP contribution is -2.14. The minimum Gasteiger partial charge on any atom is -0.299 e. The van der Waals surface area contributed by atoms with E-state index in [0.717, 1.165) is 0 Å². The Morgan fingerprint density at radius 3 is 2.27 bits per heavy atom. The highest BCUT2D eigenvalue weighted by Crippen LogP contribution is 2.37. The van der Waals surface area contributed by atoms with Crippen molar-refractivity contribution in [3.05, 3.63) is 0 Å². The van der Waals surface area contributed by atoms with Gasteiger partial charge in [-0.2, -0.15) is 0 Å². The minimum atomic E-state index is -0.829.